The molecule has 4 heteroatoms. The highest BCUT2D eigenvalue weighted by molar-refractivity contribution is 6.30. The summed E-state index contributed by atoms with van der Waals surface area (Å²) in [5.74, 6) is -0.00215. The molecule has 0 spiro atoms. The van der Waals surface area contributed by atoms with Crippen LogP contribution < -0.4 is 0 Å². The van der Waals surface area contributed by atoms with Crippen molar-refractivity contribution in [2.75, 3.05) is 7.05 Å². The second-order valence-corrected chi connectivity index (χ2v) is 5.83. The van der Waals surface area contributed by atoms with Gasteiger partial charge >= 0.3 is 0 Å². The Morgan fingerprint density at radius 2 is 1.95 bits per heavy atom. The number of fused-ring (bicyclic) bond motifs is 1. The molecule has 3 rings (SSSR count). The molecule has 0 bridgehead atoms. The number of hydrogen-bond acceptors (Lipinski definition) is 1. The van der Waals surface area contributed by atoms with E-state index in [1.54, 1.807) is 4.90 Å². The molecular weight excluding hydrogens is 296 g/mol. The lowest BCUT2D eigenvalue weighted by molar-refractivity contribution is 0.0744. The van der Waals surface area contributed by atoms with Gasteiger partial charge in [0.15, 0.2) is 0 Å². The van der Waals surface area contributed by atoms with Gasteiger partial charge in [-0.3, -0.25) is 4.79 Å². The molecule has 2 aromatic carbocycles. The van der Waals surface area contributed by atoms with E-state index < -0.39 is 0 Å². The number of carbonyl (C=O) groups excluding carboxylic acids is 1. The summed E-state index contributed by atoms with van der Waals surface area (Å²) in [5, 5.41) is 1.62. The van der Waals surface area contributed by atoms with E-state index in [1.165, 1.54) is 0 Å². The number of halogens is 1. The van der Waals surface area contributed by atoms with Gasteiger partial charge in [-0.1, -0.05) is 29.8 Å². The van der Waals surface area contributed by atoms with Crippen LogP contribution in [0.15, 0.2) is 54.7 Å². The third-order valence-corrected chi connectivity index (χ3v) is 4.29. The molecule has 3 aromatic rings. The van der Waals surface area contributed by atoms with E-state index in [1.807, 2.05) is 68.7 Å². The normalized spacial score (nSPS) is 12.3. The van der Waals surface area contributed by atoms with Gasteiger partial charge in [0, 0.05) is 34.7 Å². The number of hydrogen-bond donors (Lipinski definition) is 1. The number of H-pyrrole nitrogens is 1. The fourth-order valence-corrected chi connectivity index (χ4v) is 2.83. The Hall–Kier alpha value is -2.26. The van der Waals surface area contributed by atoms with Crippen LogP contribution in [0, 0.1) is 0 Å². The zero-order valence-corrected chi connectivity index (χ0v) is 13.3. The van der Waals surface area contributed by atoms with Gasteiger partial charge in [0.05, 0.1) is 6.04 Å². The maximum absolute atomic E-state index is 12.8. The second-order valence-electron chi connectivity index (χ2n) is 5.39. The van der Waals surface area contributed by atoms with Crippen LogP contribution in [0.5, 0.6) is 0 Å². The topological polar surface area (TPSA) is 36.1 Å². The molecule has 0 saturated carbocycles. The minimum absolute atomic E-state index is 0.00215. The first-order chi connectivity index (χ1) is 10.6. The summed E-state index contributed by atoms with van der Waals surface area (Å²) >= 11 is 6.05. The SMILES string of the molecule is CC(c1cccc(Cl)c1)N(C)C(=O)c1cccc2[nH]ccc12. The summed E-state index contributed by atoms with van der Waals surface area (Å²) in [6, 6.07) is 15.2. The fraction of sp³-hybridized carbons (Fsp3) is 0.167. The summed E-state index contributed by atoms with van der Waals surface area (Å²) in [7, 11) is 1.82. The zero-order valence-electron chi connectivity index (χ0n) is 12.5. The Kier molecular flexibility index (Phi) is 3.90. The third-order valence-electron chi connectivity index (χ3n) is 4.06. The molecule has 1 N–H and O–H groups in total. The Labute approximate surface area is 134 Å². The van der Waals surface area contributed by atoms with Crippen molar-refractivity contribution in [3.05, 3.63) is 70.9 Å². The first-order valence-corrected chi connectivity index (χ1v) is 7.54. The van der Waals surface area contributed by atoms with Crippen molar-refractivity contribution >= 4 is 28.4 Å². The number of aromatic nitrogens is 1. The molecule has 0 aliphatic rings. The van der Waals surface area contributed by atoms with Gasteiger partial charge in [0.2, 0.25) is 0 Å². The Morgan fingerprint density at radius 1 is 1.18 bits per heavy atom. The van der Waals surface area contributed by atoms with Gasteiger partial charge in [-0.25, -0.2) is 0 Å². The minimum atomic E-state index is -0.0552. The number of aromatic amines is 1. The molecule has 0 aliphatic carbocycles. The Balaban J connectivity index is 1.93. The molecule has 0 saturated heterocycles. The summed E-state index contributed by atoms with van der Waals surface area (Å²) in [5.41, 5.74) is 2.69. The maximum Gasteiger partial charge on any atom is 0.254 e. The largest absolute Gasteiger partial charge is 0.361 e. The predicted octanol–water partition coefficient (Wildman–Crippen LogP) is 4.65. The van der Waals surface area contributed by atoms with Crippen LogP contribution in [0.25, 0.3) is 10.9 Å². The smallest absolute Gasteiger partial charge is 0.254 e. The van der Waals surface area contributed by atoms with Gasteiger partial charge in [-0.2, -0.15) is 0 Å². The second kappa shape index (κ2) is 5.85. The summed E-state index contributed by atoms with van der Waals surface area (Å²) in [6.45, 7) is 2.00. The van der Waals surface area contributed by atoms with E-state index in [0.29, 0.717) is 10.6 Å². The van der Waals surface area contributed by atoms with Crippen LogP contribution in [0.1, 0.15) is 28.9 Å². The number of carbonyl (C=O) groups is 1. The molecule has 0 fully saturated rings. The van der Waals surface area contributed by atoms with E-state index in [4.69, 9.17) is 11.6 Å². The maximum atomic E-state index is 12.8. The Bertz CT molecular complexity index is 825. The summed E-state index contributed by atoms with van der Waals surface area (Å²) in [4.78, 5) is 17.7. The van der Waals surface area contributed by atoms with Crippen molar-refractivity contribution in [1.82, 2.24) is 9.88 Å². The predicted molar refractivity (Wildman–Crippen MR) is 90.3 cm³/mol. The molecule has 0 radical (unpaired) electrons. The quantitative estimate of drug-likeness (QED) is 0.750. The summed E-state index contributed by atoms with van der Waals surface area (Å²) in [6.07, 6.45) is 1.85. The van der Waals surface area contributed by atoms with Crippen molar-refractivity contribution < 1.29 is 4.79 Å². The van der Waals surface area contributed by atoms with Crippen molar-refractivity contribution in [2.45, 2.75) is 13.0 Å². The van der Waals surface area contributed by atoms with Gasteiger partial charge in [0.25, 0.3) is 5.91 Å². The first kappa shape index (κ1) is 14.7. The van der Waals surface area contributed by atoms with Gasteiger partial charge in [-0.15, -0.1) is 0 Å². The van der Waals surface area contributed by atoms with Crippen molar-refractivity contribution in [1.29, 1.82) is 0 Å². The number of nitrogens with one attached hydrogen (secondary N) is 1. The van der Waals surface area contributed by atoms with Gasteiger partial charge < -0.3 is 9.88 Å². The highest BCUT2D eigenvalue weighted by atomic mass is 35.5. The highest BCUT2D eigenvalue weighted by Gasteiger charge is 2.20. The monoisotopic (exact) mass is 312 g/mol. The number of nitrogens with zero attached hydrogens (tertiary/aromatic N) is 1. The first-order valence-electron chi connectivity index (χ1n) is 7.16. The number of rotatable bonds is 3. The lowest BCUT2D eigenvalue weighted by Crippen LogP contribution is -2.29. The molecular formula is C18H17ClN2O. The number of benzene rings is 2. The van der Waals surface area contributed by atoms with Crippen molar-refractivity contribution in [3.63, 3.8) is 0 Å². The van der Waals surface area contributed by atoms with Crippen LogP contribution in [0.4, 0.5) is 0 Å². The van der Waals surface area contributed by atoms with E-state index in [2.05, 4.69) is 4.98 Å². The van der Waals surface area contributed by atoms with Crippen molar-refractivity contribution in [2.24, 2.45) is 0 Å². The van der Waals surface area contributed by atoms with E-state index >= 15 is 0 Å². The zero-order chi connectivity index (χ0) is 15.7. The molecule has 3 nitrogen and oxygen atoms in total. The standard InChI is InChI=1S/C18H17ClN2O/c1-12(13-5-3-6-14(19)11-13)21(2)18(22)16-7-4-8-17-15(16)9-10-20-17/h3-12,20H,1-2H3. The molecule has 1 atom stereocenters. The van der Waals surface area contributed by atoms with Crippen LogP contribution in [-0.4, -0.2) is 22.8 Å². The van der Waals surface area contributed by atoms with Crippen molar-refractivity contribution in [3.8, 4) is 0 Å². The molecule has 0 aliphatic heterocycles. The van der Waals surface area contributed by atoms with Crippen LogP contribution in [0.2, 0.25) is 5.02 Å². The van der Waals surface area contributed by atoms with E-state index in [-0.39, 0.29) is 11.9 Å². The van der Waals surface area contributed by atoms with Crippen LogP contribution in [0.3, 0.4) is 0 Å². The lowest BCUT2D eigenvalue weighted by atomic mass is 10.0. The van der Waals surface area contributed by atoms with Gasteiger partial charge in [-0.05, 0) is 42.8 Å². The van der Waals surface area contributed by atoms with Crippen LogP contribution in [-0.2, 0) is 0 Å². The van der Waals surface area contributed by atoms with Gasteiger partial charge in [0.1, 0.15) is 0 Å². The summed E-state index contributed by atoms with van der Waals surface area (Å²) < 4.78 is 0. The number of amides is 1. The lowest BCUT2D eigenvalue weighted by Gasteiger charge is -2.26. The highest BCUT2D eigenvalue weighted by Crippen LogP contribution is 2.25. The Morgan fingerprint density at radius 3 is 2.73 bits per heavy atom. The molecule has 1 heterocycles. The van der Waals surface area contributed by atoms with E-state index in [0.717, 1.165) is 16.5 Å². The van der Waals surface area contributed by atoms with Crippen LogP contribution >= 0.6 is 11.6 Å². The average Bonchev–Trinajstić information content (AvgIpc) is 3.01. The minimum Gasteiger partial charge on any atom is -0.361 e. The third kappa shape index (κ3) is 2.60. The average molecular weight is 313 g/mol. The fourth-order valence-electron chi connectivity index (χ4n) is 2.63. The molecule has 1 amide bonds. The molecule has 1 unspecified atom stereocenters. The molecule has 22 heavy (non-hydrogen) atoms. The van der Waals surface area contributed by atoms with E-state index in [9.17, 15) is 4.79 Å². The molecule has 112 valence electrons. The molecule has 1 aromatic heterocycles.